The SMILES string of the molecule is CC(C)c1cccc(Oc2nc3sccn3c2[N+](=O)[O-])c1. The number of hydrogen-bond donors (Lipinski definition) is 0. The van der Waals surface area contributed by atoms with Crippen LogP contribution in [-0.2, 0) is 0 Å². The first-order valence-electron chi connectivity index (χ1n) is 6.44. The van der Waals surface area contributed by atoms with Crippen LogP contribution in [0, 0.1) is 10.1 Å². The van der Waals surface area contributed by atoms with Gasteiger partial charge >= 0.3 is 11.7 Å². The highest BCUT2D eigenvalue weighted by Gasteiger charge is 2.25. The Bertz CT molecular complexity index is 807. The normalized spacial score (nSPS) is 11.2. The Morgan fingerprint density at radius 3 is 2.95 bits per heavy atom. The van der Waals surface area contributed by atoms with E-state index < -0.39 is 4.92 Å². The van der Waals surface area contributed by atoms with E-state index in [0.717, 1.165) is 5.56 Å². The first-order valence-corrected chi connectivity index (χ1v) is 7.32. The molecule has 0 atom stereocenters. The Balaban J connectivity index is 2.01. The molecule has 3 rings (SSSR count). The second kappa shape index (κ2) is 5.17. The van der Waals surface area contributed by atoms with Gasteiger partial charge in [-0.1, -0.05) is 37.3 Å². The standard InChI is InChI=1S/C14H13N3O3S/c1-9(2)10-4-3-5-11(8-10)20-12-13(17(18)19)16-6-7-21-14(16)15-12/h3-9H,1-2H3. The lowest BCUT2D eigenvalue weighted by Crippen LogP contribution is -1.95. The summed E-state index contributed by atoms with van der Waals surface area (Å²) in [5.74, 6) is 0.776. The molecule has 0 aliphatic heterocycles. The summed E-state index contributed by atoms with van der Waals surface area (Å²) in [5, 5.41) is 13.0. The van der Waals surface area contributed by atoms with Gasteiger partial charge in [-0.25, -0.2) is 0 Å². The molecule has 21 heavy (non-hydrogen) atoms. The van der Waals surface area contributed by atoms with Crippen molar-refractivity contribution in [3.05, 3.63) is 51.5 Å². The van der Waals surface area contributed by atoms with Crippen molar-refractivity contribution in [3.63, 3.8) is 0 Å². The molecule has 0 saturated carbocycles. The third kappa shape index (κ3) is 2.47. The highest BCUT2D eigenvalue weighted by atomic mass is 32.1. The molecular weight excluding hydrogens is 290 g/mol. The zero-order valence-corrected chi connectivity index (χ0v) is 12.3. The topological polar surface area (TPSA) is 69.7 Å². The maximum atomic E-state index is 11.2. The van der Waals surface area contributed by atoms with E-state index >= 15 is 0 Å². The van der Waals surface area contributed by atoms with E-state index in [9.17, 15) is 10.1 Å². The molecule has 0 aliphatic rings. The van der Waals surface area contributed by atoms with Crippen LogP contribution in [0.2, 0.25) is 0 Å². The molecule has 0 bridgehead atoms. The Morgan fingerprint density at radius 2 is 2.24 bits per heavy atom. The molecule has 0 radical (unpaired) electrons. The maximum absolute atomic E-state index is 11.2. The van der Waals surface area contributed by atoms with Crippen LogP contribution >= 0.6 is 11.3 Å². The molecule has 2 aromatic heterocycles. The minimum atomic E-state index is -0.478. The number of aromatic nitrogens is 2. The minimum absolute atomic E-state index is 0.0211. The van der Waals surface area contributed by atoms with Gasteiger partial charge in [0.25, 0.3) is 4.96 Å². The van der Waals surface area contributed by atoms with Crippen molar-refractivity contribution < 1.29 is 9.66 Å². The molecule has 108 valence electrons. The van der Waals surface area contributed by atoms with Gasteiger partial charge in [0.1, 0.15) is 11.9 Å². The summed E-state index contributed by atoms with van der Waals surface area (Å²) in [6.45, 7) is 4.16. The third-order valence-corrected chi connectivity index (χ3v) is 3.87. The van der Waals surface area contributed by atoms with Crippen LogP contribution in [-0.4, -0.2) is 14.3 Å². The van der Waals surface area contributed by atoms with E-state index in [0.29, 0.717) is 16.6 Å². The summed E-state index contributed by atoms with van der Waals surface area (Å²) in [4.78, 5) is 15.5. The Kier molecular flexibility index (Phi) is 3.34. The van der Waals surface area contributed by atoms with Crippen molar-refractivity contribution >= 4 is 22.1 Å². The fourth-order valence-corrected chi connectivity index (χ4v) is 2.74. The summed E-state index contributed by atoms with van der Waals surface area (Å²) in [5.41, 5.74) is 1.11. The first kappa shape index (κ1) is 13.6. The van der Waals surface area contributed by atoms with Gasteiger partial charge in [0.15, 0.2) is 0 Å². The average molecular weight is 303 g/mol. The van der Waals surface area contributed by atoms with Gasteiger partial charge < -0.3 is 14.9 Å². The quantitative estimate of drug-likeness (QED) is 0.534. The van der Waals surface area contributed by atoms with Crippen LogP contribution in [0.25, 0.3) is 4.96 Å². The van der Waals surface area contributed by atoms with Crippen LogP contribution in [0.5, 0.6) is 11.6 Å². The predicted molar refractivity (Wildman–Crippen MR) is 80.3 cm³/mol. The first-order chi connectivity index (χ1) is 10.1. The number of nitro groups is 1. The lowest BCUT2D eigenvalue weighted by Gasteiger charge is -2.07. The monoisotopic (exact) mass is 303 g/mol. The van der Waals surface area contributed by atoms with E-state index in [4.69, 9.17) is 4.74 Å². The largest absolute Gasteiger partial charge is 0.432 e. The van der Waals surface area contributed by atoms with Crippen molar-refractivity contribution in [2.45, 2.75) is 19.8 Å². The van der Waals surface area contributed by atoms with Crippen LogP contribution < -0.4 is 4.74 Å². The van der Waals surface area contributed by atoms with E-state index in [1.807, 2.05) is 18.2 Å². The van der Waals surface area contributed by atoms with Gasteiger partial charge in [0.2, 0.25) is 0 Å². The minimum Gasteiger partial charge on any atom is -0.432 e. The summed E-state index contributed by atoms with van der Waals surface area (Å²) < 4.78 is 7.06. The van der Waals surface area contributed by atoms with Crippen LogP contribution in [0.15, 0.2) is 35.8 Å². The predicted octanol–water partition coefficient (Wildman–Crippen LogP) is 4.22. The van der Waals surface area contributed by atoms with Crippen molar-refractivity contribution in [2.24, 2.45) is 0 Å². The van der Waals surface area contributed by atoms with Gasteiger partial charge in [0, 0.05) is 5.38 Å². The molecular formula is C14H13N3O3S. The summed E-state index contributed by atoms with van der Waals surface area (Å²) in [6.07, 6.45) is 1.61. The van der Waals surface area contributed by atoms with Crippen LogP contribution in [0.4, 0.5) is 5.82 Å². The number of nitrogens with zero attached hydrogens (tertiary/aromatic N) is 3. The van der Waals surface area contributed by atoms with Crippen LogP contribution in [0.1, 0.15) is 25.3 Å². The van der Waals surface area contributed by atoms with E-state index in [-0.39, 0.29) is 11.7 Å². The Hall–Kier alpha value is -2.41. The second-order valence-corrected chi connectivity index (χ2v) is 5.76. The molecule has 2 heterocycles. The molecule has 0 fully saturated rings. The fourth-order valence-electron chi connectivity index (χ4n) is 2.04. The lowest BCUT2D eigenvalue weighted by molar-refractivity contribution is -0.391. The number of thiazole rings is 1. The molecule has 0 saturated heterocycles. The zero-order valence-electron chi connectivity index (χ0n) is 11.5. The highest BCUT2D eigenvalue weighted by molar-refractivity contribution is 7.15. The fraction of sp³-hybridized carbons (Fsp3) is 0.214. The number of fused-ring (bicyclic) bond motifs is 1. The third-order valence-electron chi connectivity index (χ3n) is 3.12. The van der Waals surface area contributed by atoms with Crippen molar-refractivity contribution in [1.82, 2.24) is 9.38 Å². The van der Waals surface area contributed by atoms with Crippen molar-refractivity contribution in [2.75, 3.05) is 0 Å². The summed E-state index contributed by atoms with van der Waals surface area (Å²) in [6, 6.07) is 7.51. The number of rotatable bonds is 4. The van der Waals surface area contributed by atoms with Crippen LogP contribution in [0.3, 0.4) is 0 Å². The number of benzene rings is 1. The van der Waals surface area contributed by atoms with Crippen molar-refractivity contribution in [3.8, 4) is 11.6 Å². The smallest absolute Gasteiger partial charge is 0.393 e. The van der Waals surface area contributed by atoms with Gasteiger partial charge in [0.05, 0.1) is 0 Å². The lowest BCUT2D eigenvalue weighted by atomic mass is 10.0. The Labute approximate surface area is 124 Å². The molecule has 7 heteroatoms. The Morgan fingerprint density at radius 1 is 1.43 bits per heavy atom. The van der Waals surface area contributed by atoms with E-state index in [1.54, 1.807) is 17.6 Å². The molecule has 0 spiro atoms. The van der Waals surface area contributed by atoms with Crippen molar-refractivity contribution in [1.29, 1.82) is 0 Å². The van der Waals surface area contributed by atoms with Gasteiger partial charge in [-0.3, -0.25) is 0 Å². The van der Waals surface area contributed by atoms with Gasteiger partial charge in [-0.15, -0.1) is 0 Å². The van der Waals surface area contributed by atoms with E-state index in [1.165, 1.54) is 15.7 Å². The zero-order chi connectivity index (χ0) is 15.0. The average Bonchev–Trinajstić information content (AvgIpc) is 2.98. The number of imidazole rings is 1. The molecule has 0 unspecified atom stereocenters. The second-order valence-electron chi connectivity index (χ2n) is 4.88. The molecule has 0 amide bonds. The summed E-state index contributed by atoms with van der Waals surface area (Å²) in [7, 11) is 0. The molecule has 3 aromatic rings. The van der Waals surface area contributed by atoms with Gasteiger partial charge in [-0.2, -0.15) is 9.38 Å². The highest BCUT2D eigenvalue weighted by Crippen LogP contribution is 2.34. The molecule has 6 nitrogen and oxygen atoms in total. The van der Waals surface area contributed by atoms with Gasteiger partial charge in [-0.05, 0) is 28.5 Å². The van der Waals surface area contributed by atoms with E-state index in [2.05, 4.69) is 18.8 Å². The molecule has 0 aliphatic carbocycles. The number of hydrogen-bond acceptors (Lipinski definition) is 5. The molecule has 1 aromatic carbocycles. The maximum Gasteiger partial charge on any atom is 0.393 e. The number of ether oxygens (including phenoxy) is 1. The summed E-state index contributed by atoms with van der Waals surface area (Å²) >= 11 is 1.33. The molecule has 0 N–H and O–H groups in total.